The summed E-state index contributed by atoms with van der Waals surface area (Å²) in [5.74, 6) is -0.0845. The molecule has 0 spiro atoms. The second-order valence-electron chi connectivity index (χ2n) is 9.14. The number of hydrogen-bond acceptors (Lipinski definition) is 4. The maximum absolute atomic E-state index is 12.3. The van der Waals surface area contributed by atoms with Gasteiger partial charge in [-0.25, -0.2) is 0 Å². The first-order chi connectivity index (χ1) is 17.6. The molecule has 1 heterocycles. The summed E-state index contributed by atoms with van der Waals surface area (Å²) >= 11 is 0. The molecule has 0 saturated heterocycles. The van der Waals surface area contributed by atoms with Gasteiger partial charge in [0.15, 0.2) is 0 Å². The molecule has 0 saturated carbocycles. The molecule has 0 aliphatic heterocycles. The van der Waals surface area contributed by atoms with Crippen LogP contribution in [0.3, 0.4) is 0 Å². The van der Waals surface area contributed by atoms with E-state index in [1.165, 1.54) is 11.1 Å². The van der Waals surface area contributed by atoms with Gasteiger partial charge in [-0.2, -0.15) is 0 Å². The Morgan fingerprint density at radius 3 is 2.19 bits per heavy atom. The monoisotopic (exact) mass is 479 g/mol. The zero-order chi connectivity index (χ0) is 25.2. The number of anilines is 1. The van der Waals surface area contributed by atoms with Crippen LogP contribution >= 0.6 is 0 Å². The predicted molar refractivity (Wildman–Crippen MR) is 144 cm³/mol. The van der Waals surface area contributed by atoms with E-state index >= 15 is 0 Å². The molecule has 0 aliphatic rings. The van der Waals surface area contributed by atoms with Crippen molar-refractivity contribution in [1.29, 1.82) is 0 Å². The van der Waals surface area contributed by atoms with Crippen molar-refractivity contribution >= 4 is 11.6 Å². The van der Waals surface area contributed by atoms with Crippen LogP contribution in [0.15, 0.2) is 109 Å². The van der Waals surface area contributed by atoms with Crippen LogP contribution in [0, 0.1) is 0 Å². The Morgan fingerprint density at radius 1 is 0.861 bits per heavy atom. The number of hydrogen-bond donors (Lipinski definition) is 2. The molecule has 5 nitrogen and oxygen atoms in total. The molecule has 4 aromatic rings. The first-order valence-electron chi connectivity index (χ1n) is 12.4. The Hall–Kier alpha value is -3.80. The van der Waals surface area contributed by atoms with Gasteiger partial charge in [0.05, 0.1) is 12.5 Å². The van der Waals surface area contributed by atoms with Crippen LogP contribution in [-0.4, -0.2) is 33.5 Å². The molecule has 36 heavy (non-hydrogen) atoms. The first kappa shape index (κ1) is 25.3. The van der Waals surface area contributed by atoms with Gasteiger partial charge in [-0.15, -0.1) is 0 Å². The Morgan fingerprint density at radius 2 is 1.53 bits per heavy atom. The van der Waals surface area contributed by atoms with Gasteiger partial charge >= 0.3 is 0 Å². The lowest BCUT2D eigenvalue weighted by Gasteiger charge is -2.31. The number of aliphatic hydroxyl groups is 1. The van der Waals surface area contributed by atoms with Gasteiger partial charge < -0.3 is 10.4 Å². The van der Waals surface area contributed by atoms with Crippen LogP contribution in [0.2, 0.25) is 0 Å². The number of rotatable bonds is 11. The SMILES string of the molecule is C[C@@H](Cc1ccc(NC(=O)Cc2ccccn2)cc1)N(Cc1ccccc1)C[C@H](O)c1ccccc1. The third-order valence-electron chi connectivity index (χ3n) is 6.28. The van der Waals surface area contributed by atoms with Crippen LogP contribution < -0.4 is 5.32 Å². The van der Waals surface area contributed by atoms with Crippen LogP contribution in [0.5, 0.6) is 0 Å². The summed E-state index contributed by atoms with van der Waals surface area (Å²) in [6, 6.07) is 33.9. The van der Waals surface area contributed by atoms with Crippen molar-refractivity contribution in [2.45, 2.75) is 38.5 Å². The van der Waals surface area contributed by atoms with Gasteiger partial charge in [0.2, 0.25) is 5.91 Å². The summed E-state index contributed by atoms with van der Waals surface area (Å²) in [7, 11) is 0. The van der Waals surface area contributed by atoms with E-state index in [0.717, 1.165) is 29.9 Å². The lowest BCUT2D eigenvalue weighted by atomic mass is 10.0. The van der Waals surface area contributed by atoms with Crippen molar-refractivity contribution in [3.05, 3.63) is 132 Å². The molecule has 0 bridgehead atoms. The Bertz CT molecular complexity index is 1200. The minimum Gasteiger partial charge on any atom is -0.387 e. The average molecular weight is 480 g/mol. The number of nitrogens with one attached hydrogen (secondary N) is 1. The Kier molecular flexibility index (Phi) is 8.98. The lowest BCUT2D eigenvalue weighted by Crippen LogP contribution is -2.37. The fourth-order valence-electron chi connectivity index (χ4n) is 4.29. The van der Waals surface area contributed by atoms with Crippen molar-refractivity contribution in [1.82, 2.24) is 9.88 Å². The standard InChI is InChI=1S/C31H33N3O2/c1-24(20-25-15-17-28(18-16-25)33-31(36)21-29-14-8-9-19-32-29)34(22-26-10-4-2-5-11-26)23-30(35)27-12-6-3-7-13-27/h2-19,24,30,35H,20-23H2,1H3,(H,33,36)/t24-,30-/m0/s1. The van der Waals surface area contributed by atoms with E-state index in [0.29, 0.717) is 6.54 Å². The quantitative estimate of drug-likeness (QED) is 0.301. The molecule has 0 unspecified atom stereocenters. The average Bonchev–Trinajstić information content (AvgIpc) is 2.91. The summed E-state index contributed by atoms with van der Waals surface area (Å²) in [4.78, 5) is 18.9. The molecule has 5 heteroatoms. The smallest absolute Gasteiger partial charge is 0.230 e. The van der Waals surface area contributed by atoms with Gasteiger partial charge in [0.1, 0.15) is 0 Å². The molecule has 2 N–H and O–H groups in total. The van der Waals surface area contributed by atoms with E-state index in [4.69, 9.17) is 0 Å². The third kappa shape index (κ3) is 7.60. The van der Waals surface area contributed by atoms with Gasteiger partial charge in [-0.05, 0) is 54.3 Å². The molecule has 184 valence electrons. The largest absolute Gasteiger partial charge is 0.387 e. The zero-order valence-electron chi connectivity index (χ0n) is 20.6. The van der Waals surface area contributed by atoms with Gasteiger partial charge in [0, 0.05) is 36.7 Å². The van der Waals surface area contributed by atoms with Crippen molar-refractivity contribution in [2.75, 3.05) is 11.9 Å². The van der Waals surface area contributed by atoms with E-state index in [1.54, 1.807) is 6.20 Å². The highest BCUT2D eigenvalue weighted by molar-refractivity contribution is 5.92. The second kappa shape index (κ2) is 12.8. The van der Waals surface area contributed by atoms with Crippen molar-refractivity contribution in [3.8, 4) is 0 Å². The highest BCUT2D eigenvalue weighted by Crippen LogP contribution is 2.20. The Labute approximate surface area is 213 Å². The minimum atomic E-state index is -0.561. The topological polar surface area (TPSA) is 65.5 Å². The van der Waals surface area contributed by atoms with Gasteiger partial charge in [-0.1, -0.05) is 78.9 Å². The minimum absolute atomic E-state index is 0.0845. The van der Waals surface area contributed by atoms with Crippen LogP contribution in [0.4, 0.5) is 5.69 Å². The Balaban J connectivity index is 1.39. The summed E-state index contributed by atoms with van der Waals surface area (Å²) in [6.45, 7) is 3.50. The normalized spacial score (nSPS) is 12.8. The molecule has 4 rings (SSSR count). The zero-order valence-corrected chi connectivity index (χ0v) is 20.6. The third-order valence-corrected chi connectivity index (χ3v) is 6.28. The maximum atomic E-state index is 12.3. The summed E-state index contributed by atoms with van der Waals surface area (Å²) < 4.78 is 0. The number of pyridine rings is 1. The molecular weight excluding hydrogens is 446 g/mol. The predicted octanol–water partition coefficient (Wildman–Crippen LogP) is 5.43. The summed E-state index contributed by atoms with van der Waals surface area (Å²) in [5, 5.41) is 13.9. The fraction of sp³-hybridized carbons (Fsp3) is 0.226. The number of amides is 1. The molecule has 0 aliphatic carbocycles. The van der Waals surface area contributed by atoms with Crippen molar-refractivity contribution in [2.24, 2.45) is 0 Å². The number of carbonyl (C=O) groups excluding carboxylic acids is 1. The summed E-state index contributed by atoms with van der Waals surface area (Å²) in [6.07, 6.45) is 2.21. The van der Waals surface area contributed by atoms with E-state index < -0.39 is 6.10 Å². The molecule has 2 atom stereocenters. The van der Waals surface area contributed by atoms with Crippen molar-refractivity contribution < 1.29 is 9.90 Å². The maximum Gasteiger partial charge on any atom is 0.230 e. The lowest BCUT2D eigenvalue weighted by molar-refractivity contribution is -0.115. The van der Waals surface area contributed by atoms with E-state index in [9.17, 15) is 9.90 Å². The number of carbonyl (C=O) groups is 1. The summed E-state index contributed by atoms with van der Waals surface area (Å²) in [5.41, 5.74) is 4.84. The molecule has 0 radical (unpaired) electrons. The number of aromatic nitrogens is 1. The molecule has 1 amide bonds. The highest BCUT2D eigenvalue weighted by atomic mass is 16.3. The van der Waals surface area contributed by atoms with E-state index in [2.05, 4.69) is 46.4 Å². The van der Waals surface area contributed by atoms with E-state index in [1.807, 2.05) is 78.9 Å². The van der Waals surface area contributed by atoms with Crippen molar-refractivity contribution in [3.63, 3.8) is 0 Å². The second-order valence-corrected chi connectivity index (χ2v) is 9.14. The molecule has 0 fully saturated rings. The van der Waals surface area contributed by atoms with E-state index in [-0.39, 0.29) is 18.4 Å². The molecule has 3 aromatic carbocycles. The van der Waals surface area contributed by atoms with Crippen LogP contribution in [0.1, 0.15) is 35.4 Å². The number of aliphatic hydroxyl groups excluding tert-OH is 1. The molecular formula is C31H33N3O2. The fourth-order valence-corrected chi connectivity index (χ4v) is 4.29. The molecule has 1 aromatic heterocycles. The first-order valence-corrected chi connectivity index (χ1v) is 12.4. The van der Waals surface area contributed by atoms with Gasteiger partial charge in [-0.3, -0.25) is 14.7 Å². The van der Waals surface area contributed by atoms with Gasteiger partial charge in [0.25, 0.3) is 0 Å². The number of benzene rings is 3. The number of nitrogens with zero attached hydrogens (tertiary/aromatic N) is 2. The van der Waals surface area contributed by atoms with Crippen LogP contribution in [-0.2, 0) is 24.2 Å². The van der Waals surface area contributed by atoms with Crippen LogP contribution in [0.25, 0.3) is 0 Å². The highest BCUT2D eigenvalue weighted by Gasteiger charge is 2.20.